The number of nitrogens with one attached hydrogen (secondary N) is 2. The van der Waals surface area contributed by atoms with Crippen molar-refractivity contribution in [1.82, 2.24) is 19.7 Å². The van der Waals surface area contributed by atoms with Crippen molar-refractivity contribution in [3.05, 3.63) is 41.8 Å². The zero-order chi connectivity index (χ0) is 22.5. The molecule has 1 aliphatic heterocycles. The van der Waals surface area contributed by atoms with E-state index in [1.54, 1.807) is 10.9 Å². The van der Waals surface area contributed by atoms with Crippen molar-refractivity contribution in [2.45, 2.75) is 32.8 Å². The van der Waals surface area contributed by atoms with Crippen molar-refractivity contribution in [2.75, 3.05) is 30.4 Å². The number of aromatic nitrogens is 4. The van der Waals surface area contributed by atoms with Crippen LogP contribution in [0.4, 0.5) is 17.5 Å². The van der Waals surface area contributed by atoms with Crippen LogP contribution < -0.4 is 15.4 Å². The quantitative estimate of drug-likeness (QED) is 0.498. The van der Waals surface area contributed by atoms with Gasteiger partial charge in [0.2, 0.25) is 5.95 Å². The minimum atomic E-state index is 0.0162. The van der Waals surface area contributed by atoms with Crippen LogP contribution in [0.3, 0.4) is 0 Å². The molecule has 0 amide bonds. The van der Waals surface area contributed by atoms with Crippen LogP contribution in [0.15, 0.2) is 36.8 Å². The third-order valence-electron chi connectivity index (χ3n) is 5.27. The maximum Gasteiger partial charge on any atom is 0.229 e. The second-order valence-corrected chi connectivity index (χ2v) is 8.64. The normalized spacial score (nSPS) is 14.5. The highest BCUT2D eigenvalue weighted by Crippen LogP contribution is 2.33. The molecule has 0 spiro atoms. The third kappa shape index (κ3) is 5.69. The molecule has 1 aliphatic rings. The zero-order valence-electron chi connectivity index (χ0n) is 18.6. The lowest BCUT2D eigenvalue weighted by Gasteiger charge is -2.22. The van der Waals surface area contributed by atoms with Gasteiger partial charge >= 0.3 is 0 Å². The maximum absolute atomic E-state index is 6.34. The van der Waals surface area contributed by atoms with Gasteiger partial charge < -0.3 is 20.1 Å². The molecule has 4 rings (SSSR count). The highest BCUT2D eigenvalue weighted by atomic mass is 35.5. The summed E-state index contributed by atoms with van der Waals surface area (Å²) in [5.74, 6) is 2.34. The number of hydrogen-bond acceptors (Lipinski definition) is 7. The maximum atomic E-state index is 6.34. The Labute approximate surface area is 193 Å². The summed E-state index contributed by atoms with van der Waals surface area (Å²) < 4.78 is 13.3. The van der Waals surface area contributed by atoms with Crippen LogP contribution in [0.5, 0.6) is 5.75 Å². The molecule has 32 heavy (non-hydrogen) atoms. The number of hydrogen-bond donors (Lipinski definition) is 2. The van der Waals surface area contributed by atoms with E-state index in [4.69, 9.17) is 21.1 Å². The third-order valence-corrected chi connectivity index (χ3v) is 5.55. The Bertz CT molecular complexity index is 1050. The van der Waals surface area contributed by atoms with Crippen LogP contribution in [0.2, 0.25) is 5.02 Å². The summed E-state index contributed by atoms with van der Waals surface area (Å²) in [6.45, 7) is 6.42. The molecule has 3 heterocycles. The van der Waals surface area contributed by atoms with E-state index in [1.807, 2.05) is 51.5 Å². The molecule has 0 bridgehead atoms. The van der Waals surface area contributed by atoms with E-state index in [1.165, 1.54) is 0 Å². The van der Waals surface area contributed by atoms with Crippen molar-refractivity contribution in [3.8, 4) is 16.9 Å². The van der Waals surface area contributed by atoms with Crippen LogP contribution in [0.1, 0.15) is 26.7 Å². The average Bonchev–Trinajstić information content (AvgIpc) is 3.22. The van der Waals surface area contributed by atoms with Gasteiger partial charge in [0.1, 0.15) is 10.8 Å². The Balaban J connectivity index is 1.53. The number of ether oxygens (including phenoxy) is 2. The summed E-state index contributed by atoms with van der Waals surface area (Å²) in [7, 11) is 1.90. The molecule has 9 heteroatoms. The molecule has 1 fully saturated rings. The molecule has 0 unspecified atom stereocenters. The lowest BCUT2D eigenvalue weighted by Crippen LogP contribution is -2.23. The highest BCUT2D eigenvalue weighted by molar-refractivity contribution is 6.32. The Morgan fingerprint density at radius 2 is 2.03 bits per heavy atom. The first-order chi connectivity index (χ1) is 15.5. The van der Waals surface area contributed by atoms with Gasteiger partial charge in [-0.2, -0.15) is 10.1 Å². The number of anilines is 3. The zero-order valence-corrected chi connectivity index (χ0v) is 19.4. The van der Waals surface area contributed by atoms with Crippen LogP contribution >= 0.6 is 11.6 Å². The number of nitrogens with zero attached hydrogens (tertiary/aromatic N) is 4. The summed E-state index contributed by atoms with van der Waals surface area (Å²) in [5.41, 5.74) is 2.83. The molecule has 0 aliphatic carbocycles. The number of aryl methyl sites for hydroxylation is 1. The smallest absolute Gasteiger partial charge is 0.229 e. The molecule has 3 aromatic rings. The first-order valence-corrected chi connectivity index (χ1v) is 11.3. The molecular weight excluding hydrogens is 428 g/mol. The predicted molar refractivity (Wildman–Crippen MR) is 127 cm³/mol. The minimum absolute atomic E-state index is 0.0162. The number of benzene rings is 1. The fourth-order valence-corrected chi connectivity index (χ4v) is 3.75. The molecule has 0 atom stereocenters. The second kappa shape index (κ2) is 10.2. The van der Waals surface area contributed by atoms with E-state index in [9.17, 15) is 0 Å². The fraction of sp³-hybridized carbons (Fsp3) is 0.435. The van der Waals surface area contributed by atoms with Gasteiger partial charge in [-0.05, 0) is 50.3 Å². The topological polar surface area (TPSA) is 86.1 Å². The monoisotopic (exact) mass is 456 g/mol. The Morgan fingerprint density at radius 1 is 1.22 bits per heavy atom. The van der Waals surface area contributed by atoms with Gasteiger partial charge in [-0.25, -0.2) is 4.98 Å². The van der Waals surface area contributed by atoms with Gasteiger partial charge in [-0.1, -0.05) is 17.7 Å². The van der Waals surface area contributed by atoms with E-state index in [-0.39, 0.29) is 6.10 Å². The largest absolute Gasteiger partial charge is 0.489 e. The van der Waals surface area contributed by atoms with Gasteiger partial charge in [0, 0.05) is 38.6 Å². The van der Waals surface area contributed by atoms with E-state index in [2.05, 4.69) is 25.7 Å². The second-order valence-electron chi connectivity index (χ2n) is 8.23. The summed E-state index contributed by atoms with van der Waals surface area (Å²) in [6, 6.07) is 5.99. The van der Waals surface area contributed by atoms with Gasteiger partial charge in [0.25, 0.3) is 0 Å². The van der Waals surface area contributed by atoms with Crippen molar-refractivity contribution in [1.29, 1.82) is 0 Å². The van der Waals surface area contributed by atoms with E-state index in [0.29, 0.717) is 22.7 Å². The Morgan fingerprint density at radius 3 is 2.75 bits per heavy atom. The molecule has 1 aromatic carbocycles. The highest BCUT2D eigenvalue weighted by Gasteiger charge is 2.16. The van der Waals surface area contributed by atoms with Crippen LogP contribution in [0, 0.1) is 5.92 Å². The first kappa shape index (κ1) is 22.4. The SMILES string of the molecule is CC(C)Oc1cc(-c2cnn(C)c2)ccc1Nc1ncc(Cl)c(NCC2CCOCC2)n1. The van der Waals surface area contributed by atoms with Crippen molar-refractivity contribution in [3.63, 3.8) is 0 Å². The van der Waals surface area contributed by atoms with Crippen LogP contribution in [0.25, 0.3) is 11.1 Å². The molecule has 170 valence electrons. The van der Waals surface area contributed by atoms with Crippen LogP contribution in [-0.2, 0) is 11.8 Å². The minimum Gasteiger partial charge on any atom is -0.489 e. The molecular formula is C23H29ClN6O2. The number of halogens is 1. The van der Waals surface area contributed by atoms with E-state index < -0.39 is 0 Å². The first-order valence-electron chi connectivity index (χ1n) is 10.9. The van der Waals surface area contributed by atoms with Crippen LogP contribution in [-0.4, -0.2) is 45.6 Å². The summed E-state index contributed by atoms with van der Waals surface area (Å²) in [4.78, 5) is 8.94. The Kier molecular flexibility index (Phi) is 7.12. The van der Waals surface area contributed by atoms with E-state index >= 15 is 0 Å². The van der Waals surface area contributed by atoms with Crippen molar-refractivity contribution in [2.24, 2.45) is 13.0 Å². The van der Waals surface area contributed by atoms with Gasteiger partial charge in [0.05, 0.1) is 24.2 Å². The van der Waals surface area contributed by atoms with E-state index in [0.717, 1.165) is 55.2 Å². The predicted octanol–water partition coefficient (Wildman–Crippen LogP) is 4.90. The average molecular weight is 457 g/mol. The lowest BCUT2D eigenvalue weighted by molar-refractivity contribution is 0.0699. The van der Waals surface area contributed by atoms with Gasteiger partial charge in [-0.15, -0.1) is 0 Å². The Hall–Kier alpha value is -2.84. The molecule has 0 radical (unpaired) electrons. The summed E-state index contributed by atoms with van der Waals surface area (Å²) >= 11 is 6.34. The summed E-state index contributed by atoms with van der Waals surface area (Å²) in [5, 5.41) is 11.4. The molecule has 1 saturated heterocycles. The molecule has 2 aromatic heterocycles. The van der Waals surface area contributed by atoms with Crippen molar-refractivity contribution < 1.29 is 9.47 Å². The summed E-state index contributed by atoms with van der Waals surface area (Å²) in [6.07, 6.45) is 7.51. The van der Waals surface area contributed by atoms with Gasteiger partial charge in [0.15, 0.2) is 5.82 Å². The standard InChI is InChI=1S/C23H29ClN6O2/c1-15(2)32-21-10-17(18-12-27-30(3)14-18)4-5-20(21)28-23-26-13-19(24)22(29-23)25-11-16-6-8-31-9-7-16/h4-5,10,12-16H,6-9,11H2,1-3H3,(H2,25,26,28,29). The lowest BCUT2D eigenvalue weighted by atomic mass is 10.0. The molecule has 0 saturated carbocycles. The number of rotatable bonds is 8. The fourth-order valence-electron chi connectivity index (χ4n) is 3.59. The molecule has 8 nitrogen and oxygen atoms in total. The molecule has 2 N–H and O–H groups in total. The van der Waals surface area contributed by atoms with Gasteiger partial charge in [-0.3, -0.25) is 4.68 Å². The van der Waals surface area contributed by atoms with Crippen molar-refractivity contribution >= 4 is 29.1 Å².